The lowest BCUT2D eigenvalue weighted by atomic mass is 10.1. The Bertz CT molecular complexity index is 240. The van der Waals surface area contributed by atoms with Gasteiger partial charge in [-0.1, -0.05) is 6.08 Å². The lowest BCUT2D eigenvalue weighted by molar-refractivity contribution is -0.0883. The fraction of sp³-hybridized carbons (Fsp3) is 0.556. The summed E-state index contributed by atoms with van der Waals surface area (Å²) < 4.78 is 36.7. The zero-order valence-electron chi connectivity index (χ0n) is 7.60. The summed E-state index contributed by atoms with van der Waals surface area (Å²) in [5.41, 5.74) is -0.552. The van der Waals surface area contributed by atoms with Gasteiger partial charge in [-0.2, -0.15) is 13.2 Å². The monoisotopic (exact) mass is 191 g/mol. The maximum atomic E-state index is 12.2. The molecule has 0 saturated heterocycles. The molecule has 1 aliphatic rings. The van der Waals surface area contributed by atoms with Crippen molar-refractivity contribution in [2.45, 2.75) is 25.6 Å². The summed E-state index contributed by atoms with van der Waals surface area (Å²) in [6, 6.07) is 0.121. The van der Waals surface area contributed by atoms with E-state index in [9.17, 15) is 13.2 Å². The smallest absolute Gasteiger partial charge is 0.377 e. The van der Waals surface area contributed by atoms with Gasteiger partial charge in [-0.15, -0.1) is 0 Å². The Labute approximate surface area is 75.5 Å². The number of hydrogen-bond acceptors (Lipinski definition) is 1. The van der Waals surface area contributed by atoms with Crippen LogP contribution in [0.4, 0.5) is 13.2 Å². The average molecular weight is 191 g/mol. The summed E-state index contributed by atoms with van der Waals surface area (Å²) in [5.74, 6) is 0. The van der Waals surface area contributed by atoms with Crippen molar-refractivity contribution in [3.05, 3.63) is 23.9 Å². The van der Waals surface area contributed by atoms with Crippen molar-refractivity contribution >= 4 is 0 Å². The van der Waals surface area contributed by atoms with Crippen LogP contribution in [0, 0.1) is 0 Å². The van der Waals surface area contributed by atoms with Crippen LogP contribution in [0.15, 0.2) is 23.9 Å². The Kier molecular flexibility index (Phi) is 2.68. The first kappa shape index (κ1) is 10.2. The van der Waals surface area contributed by atoms with Gasteiger partial charge in [0.15, 0.2) is 0 Å². The van der Waals surface area contributed by atoms with Crippen LogP contribution in [0.5, 0.6) is 0 Å². The number of allylic oxidation sites excluding steroid dienone is 2. The molecular formula is C9H12F3N. The third kappa shape index (κ3) is 2.50. The molecule has 0 radical (unpaired) electrons. The Morgan fingerprint density at radius 1 is 1.46 bits per heavy atom. The van der Waals surface area contributed by atoms with E-state index in [2.05, 4.69) is 0 Å². The van der Waals surface area contributed by atoms with Crippen molar-refractivity contribution in [3.8, 4) is 0 Å². The first-order valence-electron chi connectivity index (χ1n) is 4.09. The molecule has 0 aromatic carbocycles. The first-order valence-corrected chi connectivity index (χ1v) is 4.09. The molecule has 0 N–H and O–H groups in total. The summed E-state index contributed by atoms with van der Waals surface area (Å²) in [6.45, 7) is 1.89. The summed E-state index contributed by atoms with van der Waals surface area (Å²) in [5, 5.41) is 0. The largest absolute Gasteiger partial charge is 0.416 e. The van der Waals surface area contributed by atoms with E-state index < -0.39 is 11.7 Å². The summed E-state index contributed by atoms with van der Waals surface area (Å²) in [6.07, 6.45) is 0.0326. The van der Waals surface area contributed by atoms with E-state index >= 15 is 0 Å². The van der Waals surface area contributed by atoms with Crippen LogP contribution in [0.3, 0.4) is 0 Å². The van der Waals surface area contributed by atoms with Crippen molar-refractivity contribution < 1.29 is 13.2 Å². The lowest BCUT2D eigenvalue weighted by Crippen LogP contribution is -2.21. The van der Waals surface area contributed by atoms with Crippen LogP contribution in [0.2, 0.25) is 0 Å². The minimum Gasteiger partial charge on any atom is -0.377 e. The maximum absolute atomic E-state index is 12.2. The highest BCUT2D eigenvalue weighted by Gasteiger charge is 2.32. The van der Waals surface area contributed by atoms with E-state index in [0.717, 1.165) is 6.08 Å². The molecule has 1 unspecified atom stereocenters. The molecule has 74 valence electrons. The second kappa shape index (κ2) is 3.44. The van der Waals surface area contributed by atoms with Crippen molar-refractivity contribution in [2.24, 2.45) is 0 Å². The number of rotatable bonds is 0. The average Bonchev–Trinajstić information content (AvgIpc) is 2.14. The molecule has 1 rings (SSSR count). The van der Waals surface area contributed by atoms with Crippen molar-refractivity contribution in [1.29, 1.82) is 0 Å². The molecular weight excluding hydrogens is 179 g/mol. The lowest BCUT2D eigenvalue weighted by Gasteiger charge is -2.19. The van der Waals surface area contributed by atoms with Crippen LogP contribution in [-0.2, 0) is 0 Å². The highest BCUT2D eigenvalue weighted by Crippen LogP contribution is 2.28. The normalized spacial score (nSPS) is 24.2. The van der Waals surface area contributed by atoms with E-state index in [-0.39, 0.29) is 6.04 Å². The second-order valence-electron chi connectivity index (χ2n) is 3.22. The molecule has 1 atom stereocenters. The molecule has 0 aromatic rings. The molecule has 1 heterocycles. The van der Waals surface area contributed by atoms with Crippen LogP contribution in [0.25, 0.3) is 0 Å². The van der Waals surface area contributed by atoms with Gasteiger partial charge in [0, 0.05) is 13.1 Å². The Balaban J connectivity index is 2.84. The summed E-state index contributed by atoms with van der Waals surface area (Å²) in [4.78, 5) is 1.77. The first-order chi connectivity index (χ1) is 5.91. The number of halogens is 3. The van der Waals surface area contributed by atoms with Crippen molar-refractivity contribution in [3.63, 3.8) is 0 Å². The van der Waals surface area contributed by atoms with E-state index in [0.29, 0.717) is 6.42 Å². The minimum absolute atomic E-state index is 0.121. The predicted octanol–water partition coefficient (Wildman–Crippen LogP) is 2.71. The van der Waals surface area contributed by atoms with Crippen molar-refractivity contribution in [1.82, 2.24) is 4.90 Å². The van der Waals surface area contributed by atoms with Gasteiger partial charge in [0.2, 0.25) is 0 Å². The Hall–Kier alpha value is -0.930. The molecule has 0 spiro atoms. The van der Waals surface area contributed by atoms with Crippen LogP contribution in [0.1, 0.15) is 13.3 Å². The molecule has 13 heavy (non-hydrogen) atoms. The van der Waals surface area contributed by atoms with Crippen LogP contribution in [-0.4, -0.2) is 24.2 Å². The molecule has 0 saturated carbocycles. The van der Waals surface area contributed by atoms with Gasteiger partial charge in [0.05, 0.1) is 5.57 Å². The summed E-state index contributed by atoms with van der Waals surface area (Å²) >= 11 is 0. The molecule has 4 heteroatoms. The molecule has 0 aromatic heterocycles. The van der Waals surface area contributed by atoms with Gasteiger partial charge in [-0.05, 0) is 25.6 Å². The standard InChI is InChI=1S/C9H12F3N/c1-7-3-4-8(9(10,11)12)5-6-13(7)2/h4-7H,3H2,1-2H3. The molecule has 0 bridgehead atoms. The van der Waals surface area contributed by atoms with E-state index in [4.69, 9.17) is 0 Å². The topological polar surface area (TPSA) is 3.24 Å². The number of hydrogen-bond donors (Lipinski definition) is 0. The van der Waals surface area contributed by atoms with Gasteiger partial charge < -0.3 is 4.90 Å². The van der Waals surface area contributed by atoms with Gasteiger partial charge in [-0.25, -0.2) is 0 Å². The Morgan fingerprint density at radius 2 is 2.08 bits per heavy atom. The number of nitrogens with zero attached hydrogens (tertiary/aromatic N) is 1. The SMILES string of the molecule is CC1CC=C(C(F)(F)F)C=CN1C. The Morgan fingerprint density at radius 3 is 2.62 bits per heavy atom. The van der Waals surface area contributed by atoms with Gasteiger partial charge in [0.1, 0.15) is 0 Å². The van der Waals surface area contributed by atoms with Crippen LogP contribution < -0.4 is 0 Å². The quantitative estimate of drug-likeness (QED) is 0.569. The van der Waals surface area contributed by atoms with Gasteiger partial charge in [-0.3, -0.25) is 0 Å². The van der Waals surface area contributed by atoms with E-state index in [1.54, 1.807) is 11.9 Å². The fourth-order valence-electron chi connectivity index (χ4n) is 1.09. The zero-order chi connectivity index (χ0) is 10.1. The maximum Gasteiger partial charge on any atom is 0.416 e. The molecule has 0 aliphatic carbocycles. The molecule has 1 nitrogen and oxygen atoms in total. The molecule has 0 amide bonds. The highest BCUT2D eigenvalue weighted by molar-refractivity contribution is 5.25. The second-order valence-corrected chi connectivity index (χ2v) is 3.22. The third-order valence-electron chi connectivity index (χ3n) is 2.19. The predicted molar refractivity (Wildman–Crippen MR) is 45.1 cm³/mol. The van der Waals surface area contributed by atoms with Gasteiger partial charge in [0.25, 0.3) is 0 Å². The molecule has 0 fully saturated rings. The highest BCUT2D eigenvalue weighted by atomic mass is 19.4. The van der Waals surface area contributed by atoms with Crippen molar-refractivity contribution in [2.75, 3.05) is 7.05 Å². The van der Waals surface area contributed by atoms with Crippen LogP contribution >= 0.6 is 0 Å². The fourth-order valence-corrected chi connectivity index (χ4v) is 1.09. The zero-order valence-corrected chi connectivity index (χ0v) is 7.60. The minimum atomic E-state index is -4.22. The summed E-state index contributed by atoms with van der Waals surface area (Å²) in [7, 11) is 1.77. The molecule has 1 aliphatic heterocycles. The van der Waals surface area contributed by atoms with Gasteiger partial charge >= 0.3 is 6.18 Å². The van der Waals surface area contributed by atoms with E-state index in [1.165, 1.54) is 12.3 Å². The van der Waals surface area contributed by atoms with E-state index in [1.807, 2.05) is 6.92 Å². The number of alkyl halides is 3. The third-order valence-corrected chi connectivity index (χ3v) is 2.19.